The van der Waals surface area contributed by atoms with Crippen molar-refractivity contribution in [3.05, 3.63) is 53.2 Å². The molecule has 0 amide bonds. The van der Waals surface area contributed by atoms with Crippen LogP contribution in [0.5, 0.6) is 5.75 Å². The Hall–Kier alpha value is -2.07. The van der Waals surface area contributed by atoms with Crippen LogP contribution in [0, 0.1) is 6.92 Å². The minimum Gasteiger partial charge on any atom is -0.497 e. The number of anilines is 1. The Morgan fingerprint density at radius 1 is 1.24 bits per heavy atom. The van der Waals surface area contributed by atoms with Gasteiger partial charge in [-0.05, 0) is 48.7 Å². The van der Waals surface area contributed by atoms with Crippen LogP contribution in [0.25, 0.3) is 0 Å². The van der Waals surface area contributed by atoms with E-state index in [0.717, 1.165) is 24.5 Å². The summed E-state index contributed by atoms with van der Waals surface area (Å²) in [5.74, 6) is 1.88. The Kier molecular flexibility index (Phi) is 5.17. The molecule has 0 bridgehead atoms. The lowest BCUT2D eigenvalue weighted by atomic mass is 10.1. The maximum absolute atomic E-state index is 5.59. The second-order valence-electron chi connectivity index (χ2n) is 5.23. The average Bonchev–Trinajstić information content (AvgIpc) is 2.47. The van der Waals surface area contributed by atoms with Crippen LogP contribution >= 0.6 is 0 Å². The predicted molar refractivity (Wildman–Crippen MR) is 86.8 cm³/mol. The highest BCUT2D eigenvalue weighted by molar-refractivity contribution is 5.47. The minimum absolute atomic E-state index is 0.653. The predicted octanol–water partition coefficient (Wildman–Crippen LogP) is 2.54. The number of aryl methyl sites for hydroxylation is 1. The van der Waals surface area contributed by atoms with Gasteiger partial charge in [0.1, 0.15) is 11.6 Å². The van der Waals surface area contributed by atoms with Gasteiger partial charge in [-0.3, -0.25) is 0 Å². The molecule has 4 heteroatoms. The van der Waals surface area contributed by atoms with E-state index < -0.39 is 0 Å². The van der Waals surface area contributed by atoms with Gasteiger partial charge in [0.25, 0.3) is 0 Å². The zero-order chi connectivity index (χ0) is 15.2. The van der Waals surface area contributed by atoms with Crippen molar-refractivity contribution in [1.82, 2.24) is 4.98 Å². The van der Waals surface area contributed by atoms with Gasteiger partial charge in [-0.2, -0.15) is 0 Å². The van der Waals surface area contributed by atoms with Crippen molar-refractivity contribution in [3.63, 3.8) is 0 Å². The van der Waals surface area contributed by atoms with E-state index in [1.54, 1.807) is 7.11 Å². The van der Waals surface area contributed by atoms with Crippen LogP contribution in [0.1, 0.15) is 16.7 Å². The van der Waals surface area contributed by atoms with Crippen molar-refractivity contribution < 1.29 is 4.74 Å². The van der Waals surface area contributed by atoms with Crippen LogP contribution < -0.4 is 15.4 Å². The van der Waals surface area contributed by atoms with Gasteiger partial charge in [0.15, 0.2) is 0 Å². The normalized spacial score (nSPS) is 10.5. The van der Waals surface area contributed by atoms with E-state index in [0.29, 0.717) is 6.54 Å². The Labute approximate surface area is 126 Å². The first-order valence-electron chi connectivity index (χ1n) is 7.13. The van der Waals surface area contributed by atoms with Crippen LogP contribution in [0.3, 0.4) is 0 Å². The lowest BCUT2D eigenvalue weighted by molar-refractivity contribution is 0.414. The van der Waals surface area contributed by atoms with Crippen molar-refractivity contribution in [1.29, 1.82) is 0 Å². The third-order valence-corrected chi connectivity index (χ3v) is 3.46. The monoisotopic (exact) mass is 285 g/mol. The molecule has 0 saturated carbocycles. The standard InChI is InChI=1S/C17H23N3O/c1-13-9-14(7-8-18)11-19-17(13)20(2)12-15-5-4-6-16(10-15)21-3/h4-6,9-11H,7-8,12,18H2,1-3H3. The van der Waals surface area contributed by atoms with E-state index in [1.807, 2.05) is 18.3 Å². The molecule has 0 saturated heterocycles. The van der Waals surface area contributed by atoms with Gasteiger partial charge >= 0.3 is 0 Å². The van der Waals surface area contributed by atoms with Gasteiger partial charge in [-0.25, -0.2) is 4.98 Å². The molecule has 0 aliphatic carbocycles. The molecule has 0 spiro atoms. The largest absolute Gasteiger partial charge is 0.497 e. The third kappa shape index (κ3) is 3.95. The molecule has 1 heterocycles. The van der Waals surface area contributed by atoms with E-state index >= 15 is 0 Å². The van der Waals surface area contributed by atoms with Gasteiger partial charge in [-0.15, -0.1) is 0 Å². The Balaban J connectivity index is 2.14. The van der Waals surface area contributed by atoms with E-state index in [2.05, 4.69) is 42.1 Å². The molecule has 0 atom stereocenters. The van der Waals surface area contributed by atoms with Crippen molar-refractivity contribution in [2.45, 2.75) is 19.9 Å². The number of rotatable bonds is 6. The molecule has 1 aromatic heterocycles. The van der Waals surface area contributed by atoms with Crippen LogP contribution in [0.2, 0.25) is 0 Å². The van der Waals surface area contributed by atoms with Crippen LogP contribution in [-0.4, -0.2) is 25.7 Å². The Morgan fingerprint density at radius 3 is 2.71 bits per heavy atom. The van der Waals surface area contributed by atoms with Gasteiger partial charge in [0.05, 0.1) is 7.11 Å². The van der Waals surface area contributed by atoms with Crippen molar-refractivity contribution >= 4 is 5.82 Å². The highest BCUT2D eigenvalue weighted by atomic mass is 16.5. The summed E-state index contributed by atoms with van der Waals surface area (Å²) in [7, 11) is 3.74. The van der Waals surface area contributed by atoms with Crippen molar-refractivity contribution in [3.8, 4) is 5.75 Å². The van der Waals surface area contributed by atoms with Crippen molar-refractivity contribution in [2.24, 2.45) is 5.73 Å². The molecule has 1 aromatic carbocycles. The summed E-state index contributed by atoms with van der Waals surface area (Å²) >= 11 is 0. The summed E-state index contributed by atoms with van der Waals surface area (Å²) in [5, 5.41) is 0. The van der Waals surface area contributed by atoms with E-state index in [4.69, 9.17) is 10.5 Å². The highest BCUT2D eigenvalue weighted by Gasteiger charge is 2.08. The van der Waals surface area contributed by atoms with E-state index in [9.17, 15) is 0 Å². The fourth-order valence-electron chi connectivity index (χ4n) is 2.45. The van der Waals surface area contributed by atoms with Crippen molar-refractivity contribution in [2.75, 3.05) is 25.6 Å². The zero-order valence-electron chi connectivity index (χ0n) is 13.0. The SMILES string of the molecule is COc1cccc(CN(C)c2ncc(CCN)cc2C)c1. The number of nitrogens with zero attached hydrogens (tertiary/aromatic N) is 2. The number of methoxy groups -OCH3 is 1. The number of hydrogen-bond acceptors (Lipinski definition) is 4. The zero-order valence-corrected chi connectivity index (χ0v) is 13.0. The maximum atomic E-state index is 5.59. The molecule has 2 aromatic rings. The lowest BCUT2D eigenvalue weighted by Gasteiger charge is -2.21. The highest BCUT2D eigenvalue weighted by Crippen LogP contribution is 2.20. The number of ether oxygens (including phenoxy) is 1. The molecule has 0 unspecified atom stereocenters. The first-order chi connectivity index (χ1) is 10.1. The first-order valence-corrected chi connectivity index (χ1v) is 7.13. The van der Waals surface area contributed by atoms with Crippen LogP contribution in [0.4, 0.5) is 5.82 Å². The van der Waals surface area contributed by atoms with E-state index in [-0.39, 0.29) is 0 Å². The summed E-state index contributed by atoms with van der Waals surface area (Å²) < 4.78 is 5.26. The molecule has 0 fully saturated rings. The minimum atomic E-state index is 0.653. The number of aromatic nitrogens is 1. The molecule has 0 aliphatic rings. The first kappa shape index (κ1) is 15.3. The molecule has 112 valence electrons. The lowest BCUT2D eigenvalue weighted by Crippen LogP contribution is -2.19. The number of nitrogens with two attached hydrogens (primary N) is 1. The Morgan fingerprint density at radius 2 is 2.05 bits per heavy atom. The maximum Gasteiger partial charge on any atom is 0.131 e. The summed E-state index contributed by atoms with van der Waals surface area (Å²) in [6.45, 7) is 3.53. The van der Waals surface area contributed by atoms with Gasteiger partial charge in [0.2, 0.25) is 0 Å². The third-order valence-electron chi connectivity index (χ3n) is 3.46. The molecular formula is C17H23N3O. The fourth-order valence-corrected chi connectivity index (χ4v) is 2.45. The average molecular weight is 285 g/mol. The Bertz CT molecular complexity index is 598. The molecule has 2 N–H and O–H groups in total. The summed E-state index contributed by atoms with van der Waals surface area (Å²) in [6, 6.07) is 10.3. The molecule has 0 radical (unpaired) electrons. The molecule has 2 rings (SSSR count). The van der Waals surface area contributed by atoms with Crippen LogP contribution in [0.15, 0.2) is 36.5 Å². The topological polar surface area (TPSA) is 51.4 Å². The van der Waals surface area contributed by atoms with Gasteiger partial charge < -0.3 is 15.4 Å². The number of pyridine rings is 1. The van der Waals surface area contributed by atoms with Gasteiger partial charge in [0, 0.05) is 19.8 Å². The molecule has 21 heavy (non-hydrogen) atoms. The number of hydrogen-bond donors (Lipinski definition) is 1. The van der Waals surface area contributed by atoms with Gasteiger partial charge in [-0.1, -0.05) is 18.2 Å². The second-order valence-corrected chi connectivity index (χ2v) is 5.23. The summed E-state index contributed by atoms with van der Waals surface area (Å²) in [4.78, 5) is 6.72. The fraction of sp³-hybridized carbons (Fsp3) is 0.353. The van der Waals surface area contributed by atoms with Crippen LogP contribution in [-0.2, 0) is 13.0 Å². The molecular weight excluding hydrogens is 262 g/mol. The van der Waals surface area contributed by atoms with E-state index in [1.165, 1.54) is 16.7 Å². The second kappa shape index (κ2) is 7.09. The number of benzene rings is 1. The smallest absolute Gasteiger partial charge is 0.131 e. The molecule has 0 aliphatic heterocycles. The summed E-state index contributed by atoms with van der Waals surface area (Å²) in [5.41, 5.74) is 9.15. The summed E-state index contributed by atoms with van der Waals surface area (Å²) in [6.07, 6.45) is 2.78. The quantitative estimate of drug-likeness (QED) is 0.886. The molecule has 4 nitrogen and oxygen atoms in total.